The fourth-order valence-corrected chi connectivity index (χ4v) is 3.70. The third kappa shape index (κ3) is 3.07. The Bertz CT molecular complexity index is 1080. The zero-order valence-electron chi connectivity index (χ0n) is 15.2. The fraction of sp³-hybridized carbons (Fsp3) is 0.238. The van der Waals surface area contributed by atoms with Crippen molar-refractivity contribution in [2.75, 3.05) is 0 Å². The van der Waals surface area contributed by atoms with Crippen molar-refractivity contribution in [1.29, 1.82) is 0 Å². The van der Waals surface area contributed by atoms with Crippen molar-refractivity contribution in [1.82, 2.24) is 14.5 Å². The summed E-state index contributed by atoms with van der Waals surface area (Å²) < 4.78 is 15.1. The molecule has 1 aromatic heterocycles. The highest BCUT2D eigenvalue weighted by Gasteiger charge is 2.28. The standard InChI is InChI=1S/C21H20FN3O2/c1-13-8-15-6-7-18(22)9-17(15)12-24(13)20(26)16-4-3-5-19(10-16)25-14(2)11-23-21(25)27/h3-7,9-11,13H,8,12H2,1-2H3,(H,23,27). The smallest absolute Gasteiger partial charge is 0.330 e. The highest BCUT2D eigenvalue weighted by atomic mass is 19.1. The van der Waals surface area contributed by atoms with Gasteiger partial charge >= 0.3 is 5.69 Å². The van der Waals surface area contributed by atoms with Crippen LogP contribution in [-0.4, -0.2) is 26.4 Å². The van der Waals surface area contributed by atoms with E-state index in [1.54, 1.807) is 41.4 Å². The SMILES string of the molecule is Cc1c[nH]c(=O)n1-c1cccc(C(=O)N2Cc3cc(F)ccc3CC2C)c1. The van der Waals surface area contributed by atoms with Crippen molar-refractivity contribution in [3.05, 3.63) is 87.3 Å². The lowest BCUT2D eigenvalue weighted by Gasteiger charge is -2.35. The predicted octanol–water partition coefficient (Wildman–Crippen LogP) is 3.20. The maximum absolute atomic E-state index is 13.6. The van der Waals surface area contributed by atoms with Gasteiger partial charge < -0.3 is 9.88 Å². The highest BCUT2D eigenvalue weighted by molar-refractivity contribution is 5.95. The third-order valence-corrected chi connectivity index (χ3v) is 5.13. The van der Waals surface area contributed by atoms with Crippen LogP contribution in [-0.2, 0) is 13.0 Å². The first-order valence-electron chi connectivity index (χ1n) is 8.90. The fourth-order valence-electron chi connectivity index (χ4n) is 3.70. The normalized spacial score (nSPS) is 16.3. The number of halogens is 1. The number of nitrogens with one attached hydrogen (secondary N) is 1. The van der Waals surface area contributed by atoms with Crippen LogP contribution >= 0.6 is 0 Å². The molecule has 27 heavy (non-hydrogen) atoms. The van der Waals surface area contributed by atoms with Gasteiger partial charge in [-0.3, -0.25) is 9.36 Å². The van der Waals surface area contributed by atoms with Crippen molar-refractivity contribution in [2.24, 2.45) is 0 Å². The number of fused-ring (bicyclic) bond motifs is 1. The van der Waals surface area contributed by atoms with E-state index >= 15 is 0 Å². The van der Waals surface area contributed by atoms with E-state index in [-0.39, 0.29) is 23.5 Å². The molecule has 0 saturated carbocycles. The molecule has 0 radical (unpaired) electrons. The quantitative estimate of drug-likeness (QED) is 0.758. The van der Waals surface area contributed by atoms with Crippen LogP contribution in [0.15, 0.2) is 53.5 Å². The maximum atomic E-state index is 13.6. The van der Waals surface area contributed by atoms with Gasteiger partial charge in [-0.05, 0) is 61.7 Å². The number of aromatic nitrogens is 2. The highest BCUT2D eigenvalue weighted by Crippen LogP contribution is 2.26. The Balaban J connectivity index is 1.67. The molecule has 5 nitrogen and oxygen atoms in total. The number of benzene rings is 2. The van der Waals surface area contributed by atoms with Crippen LogP contribution in [0.3, 0.4) is 0 Å². The Morgan fingerprint density at radius 3 is 2.74 bits per heavy atom. The second-order valence-corrected chi connectivity index (χ2v) is 7.02. The first kappa shape index (κ1) is 17.3. The molecule has 1 unspecified atom stereocenters. The van der Waals surface area contributed by atoms with E-state index in [1.807, 2.05) is 13.8 Å². The summed E-state index contributed by atoms with van der Waals surface area (Å²) >= 11 is 0. The molecule has 0 saturated heterocycles. The molecule has 2 heterocycles. The van der Waals surface area contributed by atoms with E-state index in [9.17, 15) is 14.0 Å². The lowest BCUT2D eigenvalue weighted by molar-refractivity contribution is 0.0658. The van der Waals surface area contributed by atoms with E-state index in [2.05, 4.69) is 4.98 Å². The second-order valence-electron chi connectivity index (χ2n) is 7.02. The number of aromatic amines is 1. The van der Waals surface area contributed by atoms with Gasteiger partial charge in [-0.1, -0.05) is 12.1 Å². The van der Waals surface area contributed by atoms with Crippen molar-refractivity contribution in [2.45, 2.75) is 32.9 Å². The number of nitrogens with zero attached hydrogens (tertiary/aromatic N) is 2. The zero-order chi connectivity index (χ0) is 19.1. The Morgan fingerprint density at radius 1 is 1.19 bits per heavy atom. The predicted molar refractivity (Wildman–Crippen MR) is 101 cm³/mol. The monoisotopic (exact) mass is 365 g/mol. The number of carbonyl (C=O) groups excluding carboxylic acids is 1. The molecule has 0 fully saturated rings. The van der Waals surface area contributed by atoms with Crippen molar-refractivity contribution in [3.8, 4) is 5.69 Å². The summed E-state index contributed by atoms with van der Waals surface area (Å²) in [7, 11) is 0. The summed E-state index contributed by atoms with van der Waals surface area (Å²) in [6.07, 6.45) is 2.33. The van der Waals surface area contributed by atoms with E-state index in [1.165, 1.54) is 16.7 Å². The Kier molecular flexibility index (Phi) is 4.18. The van der Waals surface area contributed by atoms with Gasteiger partial charge in [-0.25, -0.2) is 9.18 Å². The topological polar surface area (TPSA) is 58.1 Å². The summed E-state index contributed by atoms with van der Waals surface area (Å²) in [5, 5.41) is 0. The Morgan fingerprint density at radius 2 is 2.00 bits per heavy atom. The summed E-state index contributed by atoms with van der Waals surface area (Å²) in [6, 6.07) is 11.8. The Hall–Kier alpha value is -3.15. The molecule has 138 valence electrons. The van der Waals surface area contributed by atoms with Crippen LogP contribution in [0.1, 0.15) is 34.1 Å². The van der Waals surface area contributed by atoms with Gasteiger partial charge in [0.25, 0.3) is 5.91 Å². The first-order valence-corrected chi connectivity index (χ1v) is 8.90. The lowest BCUT2D eigenvalue weighted by atomic mass is 9.94. The second kappa shape index (κ2) is 6.54. The molecule has 0 spiro atoms. The van der Waals surface area contributed by atoms with Crippen LogP contribution in [0.25, 0.3) is 5.69 Å². The van der Waals surface area contributed by atoms with Gasteiger partial charge in [0, 0.05) is 30.0 Å². The van der Waals surface area contributed by atoms with Gasteiger partial charge in [0.15, 0.2) is 0 Å². The van der Waals surface area contributed by atoms with E-state index in [4.69, 9.17) is 0 Å². The number of hydrogen-bond acceptors (Lipinski definition) is 2. The van der Waals surface area contributed by atoms with Gasteiger partial charge in [0.1, 0.15) is 5.82 Å². The Labute approximate surface area is 156 Å². The summed E-state index contributed by atoms with van der Waals surface area (Å²) in [4.78, 5) is 29.6. The van der Waals surface area contributed by atoms with Gasteiger partial charge in [-0.15, -0.1) is 0 Å². The molecular formula is C21H20FN3O2. The molecule has 1 atom stereocenters. The number of H-pyrrole nitrogens is 1. The van der Waals surface area contributed by atoms with Gasteiger partial charge in [0.05, 0.1) is 5.69 Å². The first-order chi connectivity index (χ1) is 12.9. The summed E-state index contributed by atoms with van der Waals surface area (Å²) in [5.74, 6) is -0.416. The minimum Gasteiger partial charge on any atom is -0.331 e. The van der Waals surface area contributed by atoms with Gasteiger partial charge in [-0.2, -0.15) is 0 Å². The molecule has 2 aromatic carbocycles. The lowest BCUT2D eigenvalue weighted by Crippen LogP contribution is -2.42. The van der Waals surface area contributed by atoms with Crippen molar-refractivity contribution < 1.29 is 9.18 Å². The van der Waals surface area contributed by atoms with Crippen molar-refractivity contribution >= 4 is 5.91 Å². The number of rotatable bonds is 2. The molecule has 3 aromatic rings. The average Bonchev–Trinajstić information content (AvgIpc) is 2.99. The molecule has 0 bridgehead atoms. The number of aryl methyl sites for hydroxylation is 1. The van der Waals surface area contributed by atoms with Crippen molar-refractivity contribution in [3.63, 3.8) is 0 Å². The van der Waals surface area contributed by atoms with Crippen LogP contribution in [0, 0.1) is 12.7 Å². The molecule has 1 aliphatic rings. The van der Waals surface area contributed by atoms with Crippen LogP contribution in [0.4, 0.5) is 4.39 Å². The van der Waals surface area contributed by atoms with E-state index in [0.717, 1.165) is 16.8 Å². The minimum atomic E-state index is -0.292. The van der Waals surface area contributed by atoms with Crippen LogP contribution < -0.4 is 5.69 Å². The molecule has 4 rings (SSSR count). The number of imidazole rings is 1. The van der Waals surface area contributed by atoms with E-state index in [0.29, 0.717) is 24.2 Å². The molecule has 6 heteroatoms. The molecule has 0 aliphatic carbocycles. The largest absolute Gasteiger partial charge is 0.331 e. The molecular weight excluding hydrogens is 345 g/mol. The maximum Gasteiger partial charge on any atom is 0.330 e. The summed E-state index contributed by atoms with van der Waals surface area (Å²) in [5.41, 5.74) is 3.59. The molecule has 1 aliphatic heterocycles. The molecule has 1 amide bonds. The zero-order valence-corrected chi connectivity index (χ0v) is 15.2. The van der Waals surface area contributed by atoms with Crippen LogP contribution in [0.5, 0.6) is 0 Å². The number of amides is 1. The van der Waals surface area contributed by atoms with Gasteiger partial charge in [0.2, 0.25) is 0 Å². The minimum absolute atomic E-state index is 0.0100. The number of carbonyl (C=O) groups is 1. The average molecular weight is 365 g/mol. The molecule has 1 N–H and O–H groups in total. The third-order valence-electron chi connectivity index (χ3n) is 5.13. The summed E-state index contributed by atoms with van der Waals surface area (Å²) in [6.45, 7) is 4.19. The van der Waals surface area contributed by atoms with Crippen LogP contribution in [0.2, 0.25) is 0 Å². The number of hydrogen-bond donors (Lipinski definition) is 1. The van der Waals surface area contributed by atoms with E-state index < -0.39 is 0 Å².